The fourth-order valence-corrected chi connectivity index (χ4v) is 1.66. The van der Waals surface area contributed by atoms with Gasteiger partial charge < -0.3 is 0 Å². The first kappa shape index (κ1) is 10.7. The molecule has 0 aromatic heterocycles. The number of likely N-dealkylation sites (N-methyl/N-ethyl adjacent to an activating group) is 1. The average Bonchev–Trinajstić information content (AvgIpc) is 1.99. The van der Waals surface area contributed by atoms with Crippen LogP contribution in [0, 0.1) is 0 Å². The van der Waals surface area contributed by atoms with Crippen molar-refractivity contribution >= 4 is 21.6 Å². The van der Waals surface area contributed by atoms with Crippen molar-refractivity contribution < 1.29 is 3.07 Å². The molecule has 0 fully saturated rings. The van der Waals surface area contributed by atoms with Crippen molar-refractivity contribution in [3.05, 3.63) is 0 Å². The van der Waals surface area contributed by atoms with Gasteiger partial charge in [-0.2, -0.15) is 0 Å². The first-order valence-electron chi connectivity index (χ1n) is 3.86. The summed E-state index contributed by atoms with van der Waals surface area (Å²) in [5.41, 5.74) is 0. The Balaban J connectivity index is 3.09. The van der Waals surface area contributed by atoms with Gasteiger partial charge in [-0.15, -0.1) is 0 Å². The molecule has 0 bridgehead atoms. The molecule has 0 unspecified atom stereocenters. The zero-order valence-electron chi connectivity index (χ0n) is 7.18. The van der Waals surface area contributed by atoms with Gasteiger partial charge in [-0.3, -0.25) is 0 Å². The third-order valence-corrected chi connectivity index (χ3v) is 2.95. The maximum atomic E-state index is 5.40. The van der Waals surface area contributed by atoms with Gasteiger partial charge >= 0.3 is 74.6 Å². The minimum atomic E-state index is -0.396. The summed E-state index contributed by atoms with van der Waals surface area (Å²) in [5.74, 6) is 0. The van der Waals surface area contributed by atoms with Gasteiger partial charge in [0.2, 0.25) is 0 Å². The first-order valence-corrected chi connectivity index (χ1v) is 7.87. The molecule has 0 aliphatic carbocycles. The summed E-state index contributed by atoms with van der Waals surface area (Å²) < 4.78 is 5.40. The van der Waals surface area contributed by atoms with E-state index in [0.29, 0.717) is 0 Å². The topological polar surface area (TPSA) is 12.5 Å². The maximum absolute atomic E-state index is 5.40. The predicted octanol–water partition coefficient (Wildman–Crippen LogP) is 1.01. The molecule has 2 nitrogen and oxygen atoms in total. The average molecular weight is 250 g/mol. The zero-order valence-corrected chi connectivity index (χ0v) is 10.0. The van der Waals surface area contributed by atoms with Crippen LogP contribution in [0.15, 0.2) is 0 Å². The van der Waals surface area contributed by atoms with E-state index in [4.69, 9.17) is 3.07 Å². The minimum absolute atomic E-state index is 0.396. The summed E-state index contributed by atoms with van der Waals surface area (Å²) in [6, 6.07) is 0. The van der Waals surface area contributed by atoms with E-state index in [1.807, 2.05) is 0 Å². The van der Waals surface area contributed by atoms with Crippen LogP contribution in [-0.4, -0.2) is 52.7 Å². The van der Waals surface area contributed by atoms with Crippen LogP contribution < -0.4 is 0 Å². The molecule has 0 aromatic rings. The molecule has 0 N–H and O–H groups in total. The molecule has 10 heavy (non-hydrogen) atoms. The summed E-state index contributed by atoms with van der Waals surface area (Å²) in [4.78, 5) is 4.58. The van der Waals surface area contributed by atoms with Crippen molar-refractivity contribution in [1.82, 2.24) is 4.90 Å². The SMILES string of the molecule is CCN(CC)CC[O][Sn][CH3]. The van der Waals surface area contributed by atoms with Crippen LogP contribution >= 0.6 is 0 Å². The molecule has 0 saturated carbocycles. The Hall–Kier alpha value is 0.719. The number of hydrogen-bond acceptors (Lipinski definition) is 2. The van der Waals surface area contributed by atoms with E-state index < -0.39 is 21.6 Å². The normalized spacial score (nSPS) is 10.8. The fourth-order valence-electron chi connectivity index (χ4n) is 0.817. The van der Waals surface area contributed by atoms with E-state index >= 15 is 0 Å². The standard InChI is InChI=1S/C6H14NO.CH3.Sn/c1-3-7(4-2)5-6-8;;/h3-6H2,1-2H3;1H3;/q-1;;+1. The molecule has 60 valence electrons. The first-order chi connectivity index (χ1) is 4.85. The monoisotopic (exact) mass is 251 g/mol. The molecule has 0 saturated heterocycles. The fraction of sp³-hybridized carbons (Fsp3) is 1.00. The van der Waals surface area contributed by atoms with Crippen molar-refractivity contribution in [1.29, 1.82) is 0 Å². The van der Waals surface area contributed by atoms with Gasteiger partial charge in [-0.05, 0) is 0 Å². The summed E-state index contributed by atoms with van der Waals surface area (Å²) in [6.45, 7) is 8.74. The third kappa shape index (κ3) is 5.50. The number of nitrogens with zero attached hydrogens (tertiary/aromatic N) is 1. The Morgan fingerprint density at radius 1 is 1.30 bits per heavy atom. The molecule has 0 spiro atoms. The molecule has 2 radical (unpaired) electrons. The van der Waals surface area contributed by atoms with Gasteiger partial charge in [0.15, 0.2) is 0 Å². The van der Waals surface area contributed by atoms with Gasteiger partial charge in [0.05, 0.1) is 0 Å². The molecule has 0 aliphatic rings. The second-order valence-electron chi connectivity index (χ2n) is 2.08. The molecule has 0 atom stereocenters. The van der Waals surface area contributed by atoms with Crippen LogP contribution in [0.5, 0.6) is 0 Å². The molecular formula is C7H17NOSn. The summed E-state index contributed by atoms with van der Waals surface area (Å²) in [6.07, 6.45) is 0. The van der Waals surface area contributed by atoms with Crippen molar-refractivity contribution in [2.75, 3.05) is 26.2 Å². The van der Waals surface area contributed by atoms with E-state index in [1.165, 1.54) is 0 Å². The Bertz CT molecular complexity index is 66.6. The summed E-state index contributed by atoms with van der Waals surface area (Å²) in [5, 5.41) is 0. The van der Waals surface area contributed by atoms with Crippen LogP contribution in [0.4, 0.5) is 0 Å². The van der Waals surface area contributed by atoms with Crippen molar-refractivity contribution in [3.63, 3.8) is 0 Å². The molecule has 3 heteroatoms. The third-order valence-electron chi connectivity index (χ3n) is 1.55. The van der Waals surface area contributed by atoms with Crippen LogP contribution in [0.1, 0.15) is 13.8 Å². The number of rotatable bonds is 6. The van der Waals surface area contributed by atoms with Gasteiger partial charge in [0, 0.05) is 0 Å². The van der Waals surface area contributed by atoms with Gasteiger partial charge in [-0.25, -0.2) is 0 Å². The van der Waals surface area contributed by atoms with Crippen LogP contribution in [-0.2, 0) is 3.07 Å². The van der Waals surface area contributed by atoms with E-state index in [-0.39, 0.29) is 0 Å². The van der Waals surface area contributed by atoms with Gasteiger partial charge in [0.25, 0.3) is 0 Å². The van der Waals surface area contributed by atoms with Crippen molar-refractivity contribution in [2.24, 2.45) is 0 Å². The second kappa shape index (κ2) is 7.82. The summed E-state index contributed by atoms with van der Waals surface area (Å²) >= 11 is -0.396. The quantitative estimate of drug-likeness (QED) is 0.515. The van der Waals surface area contributed by atoms with Gasteiger partial charge in [0.1, 0.15) is 0 Å². The van der Waals surface area contributed by atoms with Crippen LogP contribution in [0.2, 0.25) is 4.94 Å². The Morgan fingerprint density at radius 3 is 2.30 bits per heavy atom. The van der Waals surface area contributed by atoms with E-state index in [2.05, 4.69) is 23.7 Å². The van der Waals surface area contributed by atoms with Crippen molar-refractivity contribution in [2.45, 2.75) is 18.8 Å². The molecule has 0 rings (SSSR count). The second-order valence-corrected chi connectivity index (χ2v) is 4.07. The molecule has 0 heterocycles. The van der Waals surface area contributed by atoms with E-state index in [9.17, 15) is 0 Å². The summed E-state index contributed by atoms with van der Waals surface area (Å²) in [7, 11) is 0. The van der Waals surface area contributed by atoms with Crippen molar-refractivity contribution in [3.8, 4) is 0 Å². The van der Waals surface area contributed by atoms with Crippen LogP contribution in [0.3, 0.4) is 0 Å². The van der Waals surface area contributed by atoms with Crippen LogP contribution in [0.25, 0.3) is 0 Å². The van der Waals surface area contributed by atoms with E-state index in [1.54, 1.807) is 0 Å². The zero-order chi connectivity index (χ0) is 7.82. The Morgan fingerprint density at radius 2 is 1.90 bits per heavy atom. The van der Waals surface area contributed by atoms with Gasteiger partial charge in [-0.1, -0.05) is 0 Å². The molecule has 0 amide bonds. The predicted molar refractivity (Wildman–Crippen MR) is 45.4 cm³/mol. The molecule has 0 aromatic carbocycles. The number of hydrogen-bond donors (Lipinski definition) is 0. The Kier molecular flexibility index (Phi) is 8.38. The molecule has 0 aliphatic heterocycles. The Labute approximate surface area is 74.7 Å². The van der Waals surface area contributed by atoms with E-state index in [0.717, 1.165) is 26.2 Å². The molecular weight excluding hydrogens is 233 g/mol.